The van der Waals surface area contributed by atoms with Gasteiger partial charge in [-0.1, -0.05) is 47.4 Å². The van der Waals surface area contributed by atoms with E-state index in [4.69, 9.17) is 4.84 Å². The molecule has 7 nitrogen and oxygen atoms in total. The van der Waals surface area contributed by atoms with Gasteiger partial charge >= 0.3 is 6.03 Å². The maximum absolute atomic E-state index is 12.0. The fourth-order valence-corrected chi connectivity index (χ4v) is 3.94. The fraction of sp³-hybridized carbons (Fsp3) is 0.267. The Kier molecular flexibility index (Phi) is 5.03. The van der Waals surface area contributed by atoms with Crippen LogP contribution in [0.1, 0.15) is 5.69 Å². The zero-order valence-electron chi connectivity index (χ0n) is 13.5. The lowest BCUT2D eigenvalue weighted by atomic mass is 10.2. The largest absolute Gasteiger partial charge is 0.363 e. The summed E-state index contributed by atoms with van der Waals surface area (Å²) in [6, 6.07) is 7.92. The molecule has 0 aliphatic carbocycles. The van der Waals surface area contributed by atoms with Crippen LogP contribution < -0.4 is 4.90 Å². The third-order valence-corrected chi connectivity index (χ3v) is 5.70. The number of aromatic amines is 1. The Morgan fingerprint density at radius 2 is 2.12 bits per heavy atom. The van der Waals surface area contributed by atoms with Crippen LogP contribution in [0, 0.1) is 0 Å². The van der Waals surface area contributed by atoms with Crippen LogP contribution >= 0.6 is 23.1 Å². The van der Waals surface area contributed by atoms with Gasteiger partial charge in [-0.05, 0) is 5.39 Å². The normalized spacial score (nSPS) is 11.0. The Labute approximate surface area is 147 Å². The molecule has 9 heteroatoms. The van der Waals surface area contributed by atoms with Crippen LogP contribution in [0.4, 0.5) is 9.93 Å². The van der Waals surface area contributed by atoms with E-state index in [1.807, 2.05) is 18.3 Å². The fourth-order valence-electron chi connectivity index (χ4n) is 2.16. The third kappa shape index (κ3) is 3.37. The topological polar surface area (TPSA) is 74.3 Å². The van der Waals surface area contributed by atoms with Crippen molar-refractivity contribution in [3.63, 3.8) is 0 Å². The molecule has 1 N–H and O–H groups in total. The van der Waals surface area contributed by atoms with Crippen molar-refractivity contribution in [2.45, 2.75) is 10.1 Å². The number of aromatic nitrogens is 3. The lowest BCUT2D eigenvalue weighted by molar-refractivity contribution is -0.0619. The molecule has 0 atom stereocenters. The Morgan fingerprint density at radius 3 is 2.92 bits per heavy atom. The number of nitrogens with one attached hydrogen (secondary N) is 1. The lowest BCUT2D eigenvalue weighted by Gasteiger charge is -2.19. The van der Waals surface area contributed by atoms with Gasteiger partial charge in [0.05, 0.1) is 7.11 Å². The van der Waals surface area contributed by atoms with E-state index in [1.54, 1.807) is 25.9 Å². The molecule has 0 saturated heterocycles. The third-order valence-electron chi connectivity index (χ3n) is 3.54. The summed E-state index contributed by atoms with van der Waals surface area (Å²) < 4.78 is 0.809. The average molecular weight is 363 g/mol. The van der Waals surface area contributed by atoms with Crippen molar-refractivity contribution in [2.75, 3.05) is 26.1 Å². The molecule has 2 aromatic heterocycles. The van der Waals surface area contributed by atoms with Crippen molar-refractivity contribution in [3.8, 4) is 0 Å². The van der Waals surface area contributed by atoms with E-state index < -0.39 is 0 Å². The minimum Gasteiger partial charge on any atom is -0.363 e. The van der Waals surface area contributed by atoms with E-state index in [1.165, 1.54) is 34.1 Å². The standard InChI is InChI=1S/C15H17N5O2S2/c1-19(15(21)20(2)22-3)13-17-18-14(24-13)23-9-12-11-7-5-4-6-10(11)8-16-12/h4-8,16H,9H2,1-3H3. The summed E-state index contributed by atoms with van der Waals surface area (Å²) in [5.74, 6) is 0.762. The van der Waals surface area contributed by atoms with Gasteiger partial charge in [-0.2, -0.15) is 0 Å². The van der Waals surface area contributed by atoms with Gasteiger partial charge < -0.3 is 4.98 Å². The number of hydrogen-bond donors (Lipinski definition) is 1. The van der Waals surface area contributed by atoms with Crippen LogP contribution in [0.5, 0.6) is 0 Å². The summed E-state index contributed by atoms with van der Waals surface area (Å²) in [5.41, 5.74) is 1.15. The molecule has 0 radical (unpaired) electrons. The number of rotatable bonds is 5. The predicted octanol–water partition coefficient (Wildman–Crippen LogP) is 3.36. The van der Waals surface area contributed by atoms with Crippen LogP contribution in [0.2, 0.25) is 0 Å². The number of amides is 2. The molecule has 0 unspecified atom stereocenters. The monoisotopic (exact) mass is 363 g/mol. The molecule has 0 bridgehead atoms. The maximum atomic E-state index is 12.0. The number of H-pyrrole nitrogens is 1. The first-order chi connectivity index (χ1) is 11.6. The van der Waals surface area contributed by atoms with Gasteiger partial charge in [-0.25, -0.2) is 9.86 Å². The highest BCUT2D eigenvalue weighted by Gasteiger charge is 2.19. The number of carbonyl (C=O) groups excluding carboxylic acids is 1. The van der Waals surface area contributed by atoms with Crippen LogP contribution in [-0.2, 0) is 10.6 Å². The Balaban J connectivity index is 1.67. The van der Waals surface area contributed by atoms with E-state index >= 15 is 0 Å². The van der Waals surface area contributed by atoms with Gasteiger partial charge in [-0.15, -0.1) is 10.2 Å². The molecule has 126 valence electrons. The molecule has 0 spiro atoms. The molecular weight excluding hydrogens is 346 g/mol. The maximum Gasteiger partial charge on any atom is 0.349 e. The first-order valence-electron chi connectivity index (χ1n) is 7.17. The Bertz CT molecular complexity index is 847. The molecule has 3 rings (SSSR count). The van der Waals surface area contributed by atoms with Crippen molar-refractivity contribution in [1.82, 2.24) is 20.2 Å². The van der Waals surface area contributed by atoms with Gasteiger partial charge in [0.2, 0.25) is 5.13 Å². The molecule has 0 saturated carbocycles. The summed E-state index contributed by atoms with van der Waals surface area (Å²) in [4.78, 5) is 21.6. The van der Waals surface area contributed by atoms with Gasteiger partial charge in [0.1, 0.15) is 0 Å². The predicted molar refractivity (Wildman–Crippen MR) is 96.3 cm³/mol. The van der Waals surface area contributed by atoms with Crippen molar-refractivity contribution < 1.29 is 9.63 Å². The zero-order chi connectivity index (χ0) is 17.1. The van der Waals surface area contributed by atoms with E-state index in [9.17, 15) is 4.79 Å². The summed E-state index contributed by atoms with van der Waals surface area (Å²) in [6.07, 6.45) is 2.00. The van der Waals surface area contributed by atoms with Gasteiger partial charge in [0.25, 0.3) is 0 Å². The molecule has 2 heterocycles. The number of nitrogens with zero attached hydrogens (tertiary/aromatic N) is 4. The second-order valence-electron chi connectivity index (χ2n) is 5.02. The number of hydroxylamine groups is 2. The highest BCUT2D eigenvalue weighted by atomic mass is 32.2. The van der Waals surface area contributed by atoms with E-state index in [0.717, 1.165) is 20.8 Å². The summed E-state index contributed by atoms with van der Waals surface area (Å²) >= 11 is 2.96. The molecule has 24 heavy (non-hydrogen) atoms. The molecule has 0 aliphatic heterocycles. The summed E-state index contributed by atoms with van der Waals surface area (Å²) in [6.45, 7) is 0. The number of thioether (sulfide) groups is 1. The summed E-state index contributed by atoms with van der Waals surface area (Å²) in [5, 5.41) is 12.3. The molecule has 3 aromatic rings. The van der Waals surface area contributed by atoms with E-state index in [2.05, 4.69) is 27.3 Å². The first-order valence-corrected chi connectivity index (χ1v) is 8.97. The number of urea groups is 1. The number of benzene rings is 1. The number of carbonyl (C=O) groups is 1. The van der Waals surface area contributed by atoms with Gasteiger partial charge in [0, 0.05) is 37.1 Å². The molecule has 0 aliphatic rings. The first kappa shape index (κ1) is 16.7. The number of anilines is 1. The Hall–Kier alpha value is -2.10. The van der Waals surface area contributed by atoms with E-state index in [0.29, 0.717) is 5.13 Å². The molecule has 2 amide bonds. The molecule has 0 fully saturated rings. The van der Waals surface area contributed by atoms with Gasteiger partial charge in [0.15, 0.2) is 4.34 Å². The van der Waals surface area contributed by atoms with Crippen LogP contribution in [-0.4, -0.2) is 47.5 Å². The van der Waals surface area contributed by atoms with Crippen molar-refractivity contribution in [2.24, 2.45) is 0 Å². The quantitative estimate of drug-likeness (QED) is 0.427. The highest BCUT2D eigenvalue weighted by Crippen LogP contribution is 2.31. The van der Waals surface area contributed by atoms with E-state index in [-0.39, 0.29) is 6.03 Å². The average Bonchev–Trinajstić information content (AvgIpc) is 3.24. The van der Waals surface area contributed by atoms with Crippen molar-refractivity contribution in [3.05, 3.63) is 36.2 Å². The van der Waals surface area contributed by atoms with Crippen LogP contribution in [0.25, 0.3) is 10.8 Å². The highest BCUT2D eigenvalue weighted by molar-refractivity contribution is 8.00. The lowest BCUT2D eigenvalue weighted by Crippen LogP contribution is -2.38. The zero-order valence-corrected chi connectivity index (χ0v) is 15.1. The number of fused-ring (bicyclic) bond motifs is 1. The van der Waals surface area contributed by atoms with Crippen LogP contribution in [0.15, 0.2) is 34.8 Å². The van der Waals surface area contributed by atoms with Gasteiger partial charge in [-0.3, -0.25) is 9.74 Å². The van der Waals surface area contributed by atoms with Crippen LogP contribution in [0.3, 0.4) is 0 Å². The summed E-state index contributed by atoms with van der Waals surface area (Å²) in [7, 11) is 4.63. The second-order valence-corrected chi connectivity index (χ2v) is 7.19. The minimum atomic E-state index is -0.305. The Morgan fingerprint density at radius 1 is 1.33 bits per heavy atom. The SMILES string of the molecule is CON(C)C(=O)N(C)c1nnc(SCc2[nH]cc3ccccc23)s1. The van der Waals surface area contributed by atoms with Crippen molar-refractivity contribution in [1.29, 1.82) is 0 Å². The number of hydrogen-bond acceptors (Lipinski definition) is 6. The molecule has 1 aromatic carbocycles. The molecular formula is C15H17N5O2S2. The second kappa shape index (κ2) is 7.20. The van der Waals surface area contributed by atoms with Crippen molar-refractivity contribution >= 4 is 45.0 Å². The minimum absolute atomic E-state index is 0.305. The smallest absolute Gasteiger partial charge is 0.349 e.